The van der Waals surface area contributed by atoms with E-state index in [-0.39, 0.29) is 16.7 Å². The van der Waals surface area contributed by atoms with E-state index in [1.807, 2.05) is 38.1 Å². The van der Waals surface area contributed by atoms with E-state index in [1.165, 1.54) is 4.31 Å². The average Bonchev–Trinajstić information content (AvgIpc) is 2.79. The van der Waals surface area contributed by atoms with Crippen LogP contribution in [0.2, 0.25) is 0 Å². The van der Waals surface area contributed by atoms with Crippen LogP contribution in [0.1, 0.15) is 50.3 Å². The van der Waals surface area contributed by atoms with Crippen molar-refractivity contribution in [3.05, 3.63) is 59.7 Å². The van der Waals surface area contributed by atoms with Crippen molar-refractivity contribution >= 4 is 27.8 Å². The summed E-state index contributed by atoms with van der Waals surface area (Å²) in [5, 5.41) is 9.80. The Morgan fingerprint density at radius 3 is 2.36 bits per heavy atom. The maximum Gasteiger partial charge on any atom is 0.308 e. The minimum absolute atomic E-state index is 0.0484. The van der Waals surface area contributed by atoms with Crippen LogP contribution in [0.4, 0.5) is 0 Å². The van der Waals surface area contributed by atoms with Gasteiger partial charge < -0.3 is 9.84 Å². The van der Waals surface area contributed by atoms with Crippen LogP contribution in [0, 0.1) is 12.8 Å². The highest BCUT2D eigenvalue weighted by Crippen LogP contribution is 2.42. The predicted octanol–water partition coefficient (Wildman–Crippen LogP) is 5.13. The minimum Gasteiger partial charge on any atom is -0.494 e. The Morgan fingerprint density at radius 1 is 1.12 bits per heavy atom. The number of sulfonamides is 1. The van der Waals surface area contributed by atoms with Crippen LogP contribution < -0.4 is 4.74 Å². The number of thioether (sulfide) groups is 1. The number of carboxylic acids is 1. The largest absolute Gasteiger partial charge is 0.494 e. The molecule has 2 aromatic carbocycles. The number of nitrogens with zero attached hydrogens (tertiary/aromatic N) is 1. The molecule has 1 aliphatic heterocycles. The van der Waals surface area contributed by atoms with Gasteiger partial charge >= 0.3 is 5.97 Å². The Hall–Kier alpha value is -2.03. The van der Waals surface area contributed by atoms with E-state index in [4.69, 9.17) is 4.74 Å². The molecule has 0 radical (unpaired) electrons. The van der Waals surface area contributed by atoms with Gasteiger partial charge in [-0.1, -0.05) is 43.2 Å². The lowest BCUT2D eigenvalue weighted by Gasteiger charge is -2.41. The second-order valence-corrected chi connectivity index (χ2v) is 11.6. The Balaban J connectivity index is 2.00. The topological polar surface area (TPSA) is 83.9 Å². The fourth-order valence-electron chi connectivity index (χ4n) is 4.11. The molecule has 1 N–H and O–H groups in total. The SMILES string of the molecule is CCCCS[C@@H]1C[C@@H](c2ccc(OCC)cc2)N(S(=O)(=O)c2ccc(C)cc2)C[C@H]1C(=O)O. The van der Waals surface area contributed by atoms with Gasteiger partial charge in [-0.25, -0.2) is 8.42 Å². The summed E-state index contributed by atoms with van der Waals surface area (Å²) in [5.41, 5.74) is 1.81. The number of hydrogen-bond acceptors (Lipinski definition) is 5. The molecule has 6 nitrogen and oxygen atoms in total. The summed E-state index contributed by atoms with van der Waals surface area (Å²) in [6, 6.07) is 13.7. The van der Waals surface area contributed by atoms with Crippen molar-refractivity contribution in [3.63, 3.8) is 0 Å². The van der Waals surface area contributed by atoms with Crippen molar-refractivity contribution in [3.8, 4) is 5.75 Å². The molecule has 1 heterocycles. The fraction of sp³-hybridized carbons (Fsp3) is 0.480. The van der Waals surface area contributed by atoms with E-state index in [0.717, 1.165) is 35.5 Å². The van der Waals surface area contributed by atoms with E-state index in [9.17, 15) is 18.3 Å². The van der Waals surface area contributed by atoms with Crippen LogP contribution in [-0.4, -0.2) is 48.0 Å². The third kappa shape index (κ3) is 6.11. The summed E-state index contributed by atoms with van der Waals surface area (Å²) in [6.07, 6.45) is 2.49. The van der Waals surface area contributed by atoms with E-state index >= 15 is 0 Å². The zero-order valence-electron chi connectivity index (χ0n) is 19.4. The zero-order chi connectivity index (χ0) is 24.0. The van der Waals surface area contributed by atoms with Gasteiger partial charge in [0.05, 0.1) is 23.5 Å². The number of piperidine rings is 1. The highest BCUT2D eigenvalue weighted by molar-refractivity contribution is 7.99. The zero-order valence-corrected chi connectivity index (χ0v) is 21.1. The molecule has 2 aromatic rings. The highest BCUT2D eigenvalue weighted by Gasteiger charge is 2.45. The third-order valence-corrected chi connectivity index (χ3v) is 9.34. The summed E-state index contributed by atoms with van der Waals surface area (Å²) in [4.78, 5) is 12.3. The van der Waals surface area contributed by atoms with Gasteiger partial charge in [0.2, 0.25) is 10.0 Å². The fourth-order valence-corrected chi connectivity index (χ4v) is 7.27. The van der Waals surface area contributed by atoms with E-state index in [0.29, 0.717) is 13.0 Å². The lowest BCUT2D eigenvalue weighted by atomic mass is 9.90. The van der Waals surface area contributed by atoms with Crippen LogP contribution in [0.5, 0.6) is 5.75 Å². The molecule has 0 spiro atoms. The first-order chi connectivity index (χ1) is 15.8. The number of carbonyl (C=O) groups is 1. The summed E-state index contributed by atoms with van der Waals surface area (Å²) >= 11 is 1.65. The quantitative estimate of drug-likeness (QED) is 0.464. The van der Waals surface area contributed by atoms with Gasteiger partial charge in [-0.05, 0) is 62.3 Å². The monoisotopic (exact) mass is 491 g/mol. The molecule has 33 heavy (non-hydrogen) atoms. The molecule has 0 aliphatic carbocycles. The standard InChI is InChI=1S/C25H33NO5S2/c1-4-6-15-32-24-16-23(19-9-11-20(12-10-19)31-5-2)26(17-22(24)25(27)28)33(29,30)21-13-7-18(3)8-14-21/h7-14,22-24H,4-6,15-17H2,1-3H3,(H,27,28)/t22-,23+,24-/m1/s1. The molecule has 0 unspecified atom stereocenters. The summed E-state index contributed by atoms with van der Waals surface area (Å²) in [6.45, 7) is 6.42. The number of aliphatic carboxylic acids is 1. The number of hydrogen-bond donors (Lipinski definition) is 1. The molecular formula is C25H33NO5S2. The lowest BCUT2D eigenvalue weighted by molar-refractivity contribution is -0.143. The van der Waals surface area contributed by atoms with Crippen molar-refractivity contribution in [1.29, 1.82) is 0 Å². The van der Waals surface area contributed by atoms with Gasteiger partial charge in [0.1, 0.15) is 5.75 Å². The second-order valence-electron chi connectivity index (χ2n) is 8.35. The van der Waals surface area contributed by atoms with Gasteiger partial charge in [-0.15, -0.1) is 0 Å². The molecule has 0 bridgehead atoms. The first-order valence-electron chi connectivity index (χ1n) is 11.4. The molecular weight excluding hydrogens is 458 g/mol. The highest BCUT2D eigenvalue weighted by atomic mass is 32.2. The van der Waals surface area contributed by atoms with Gasteiger partial charge in [-0.3, -0.25) is 4.79 Å². The third-order valence-electron chi connectivity index (χ3n) is 5.98. The van der Waals surface area contributed by atoms with Gasteiger partial charge in [0, 0.05) is 11.8 Å². The van der Waals surface area contributed by atoms with Gasteiger partial charge in [0.25, 0.3) is 0 Å². The molecule has 0 amide bonds. The minimum atomic E-state index is -3.88. The van der Waals surface area contributed by atoms with Crippen LogP contribution in [0.25, 0.3) is 0 Å². The summed E-state index contributed by atoms with van der Waals surface area (Å²) in [5.74, 6) is -0.113. The van der Waals surface area contributed by atoms with E-state index < -0.39 is 28.0 Å². The van der Waals surface area contributed by atoms with Crippen molar-refractivity contribution in [2.75, 3.05) is 18.9 Å². The normalized spacial score (nSPS) is 21.6. The Kier molecular flexibility index (Phi) is 8.84. The maximum atomic E-state index is 13.7. The van der Waals surface area contributed by atoms with Gasteiger partial charge in [-0.2, -0.15) is 16.1 Å². The van der Waals surface area contributed by atoms with Crippen LogP contribution in [0.15, 0.2) is 53.4 Å². The number of unbranched alkanes of at least 4 members (excludes halogenated alkanes) is 1. The molecule has 0 aromatic heterocycles. The van der Waals surface area contributed by atoms with Crippen molar-refractivity contribution < 1.29 is 23.1 Å². The molecule has 1 aliphatic rings. The summed E-state index contributed by atoms with van der Waals surface area (Å²) < 4.78 is 34.3. The predicted molar refractivity (Wildman–Crippen MR) is 132 cm³/mol. The molecule has 8 heteroatoms. The maximum absolute atomic E-state index is 13.7. The van der Waals surface area contributed by atoms with E-state index in [1.54, 1.807) is 36.0 Å². The second kappa shape index (κ2) is 11.4. The van der Waals surface area contributed by atoms with Crippen molar-refractivity contribution in [1.82, 2.24) is 4.31 Å². The lowest BCUT2D eigenvalue weighted by Crippen LogP contribution is -2.49. The van der Waals surface area contributed by atoms with Gasteiger partial charge in [0.15, 0.2) is 0 Å². The Labute approximate surface area is 201 Å². The molecule has 1 saturated heterocycles. The number of rotatable bonds is 10. The molecule has 3 rings (SSSR count). The number of carboxylic acid groups (broad SMARTS) is 1. The average molecular weight is 492 g/mol. The van der Waals surface area contributed by atoms with Crippen LogP contribution in [0.3, 0.4) is 0 Å². The molecule has 180 valence electrons. The van der Waals surface area contributed by atoms with Crippen molar-refractivity contribution in [2.24, 2.45) is 5.92 Å². The number of benzene rings is 2. The van der Waals surface area contributed by atoms with Crippen LogP contribution in [-0.2, 0) is 14.8 Å². The first kappa shape index (κ1) is 25.6. The summed E-state index contributed by atoms with van der Waals surface area (Å²) in [7, 11) is -3.88. The van der Waals surface area contributed by atoms with Crippen molar-refractivity contribution in [2.45, 2.75) is 56.2 Å². The first-order valence-corrected chi connectivity index (χ1v) is 13.9. The number of aryl methyl sites for hydroxylation is 1. The van der Waals surface area contributed by atoms with Crippen LogP contribution >= 0.6 is 11.8 Å². The van der Waals surface area contributed by atoms with E-state index in [2.05, 4.69) is 6.92 Å². The molecule has 3 atom stereocenters. The Morgan fingerprint density at radius 2 is 1.79 bits per heavy atom. The molecule has 0 saturated carbocycles. The smallest absolute Gasteiger partial charge is 0.308 e. The Bertz CT molecular complexity index is 1020. The molecule has 1 fully saturated rings. The number of ether oxygens (including phenoxy) is 1.